The van der Waals surface area contributed by atoms with E-state index in [2.05, 4.69) is 33.2 Å². The zero-order valence-electron chi connectivity index (χ0n) is 13.0. The molecule has 2 rings (SSSR count). The Hall–Kier alpha value is -1.19. The van der Waals surface area contributed by atoms with Gasteiger partial charge in [0.15, 0.2) is 5.11 Å². The van der Waals surface area contributed by atoms with E-state index in [0.717, 1.165) is 31.1 Å². The number of nitrogens with one attached hydrogen (secondary N) is 2. The first kappa shape index (κ1) is 18.2. The predicted octanol–water partition coefficient (Wildman–Crippen LogP) is 4.82. The van der Waals surface area contributed by atoms with Gasteiger partial charge in [0.1, 0.15) is 5.00 Å². The maximum atomic E-state index is 12.1. The van der Waals surface area contributed by atoms with Crippen LogP contribution in [0.4, 0.5) is 10.7 Å². The van der Waals surface area contributed by atoms with E-state index < -0.39 is 0 Å². The van der Waals surface area contributed by atoms with Crippen LogP contribution in [0.2, 0.25) is 0 Å². The first-order valence-electron chi connectivity index (χ1n) is 7.01. The van der Waals surface area contributed by atoms with Crippen LogP contribution in [0.1, 0.15) is 27.7 Å². The number of esters is 1. The maximum absolute atomic E-state index is 12.1. The van der Waals surface area contributed by atoms with Crippen LogP contribution in [0.25, 0.3) is 0 Å². The monoisotopic (exact) mass is 460 g/mol. The van der Waals surface area contributed by atoms with Crippen LogP contribution >= 0.6 is 46.1 Å². The molecule has 0 aliphatic carbocycles. The van der Waals surface area contributed by atoms with Gasteiger partial charge in [-0.25, -0.2) is 4.79 Å². The summed E-state index contributed by atoms with van der Waals surface area (Å²) in [5.41, 5.74) is 2.50. The molecule has 0 radical (unpaired) electrons. The number of hydrogen-bond donors (Lipinski definition) is 2. The number of aryl methyl sites for hydroxylation is 1. The van der Waals surface area contributed by atoms with Gasteiger partial charge in [0.25, 0.3) is 0 Å². The van der Waals surface area contributed by atoms with Gasteiger partial charge >= 0.3 is 5.97 Å². The van der Waals surface area contributed by atoms with Crippen molar-refractivity contribution in [2.24, 2.45) is 0 Å². The van der Waals surface area contributed by atoms with Gasteiger partial charge < -0.3 is 15.4 Å². The SMILES string of the molecule is CCc1c(C)sc(NC(=S)Nc2ccccc2I)c1C(=O)OC. The summed E-state index contributed by atoms with van der Waals surface area (Å²) >= 11 is 9.13. The highest BCUT2D eigenvalue weighted by molar-refractivity contribution is 14.1. The minimum absolute atomic E-state index is 0.342. The summed E-state index contributed by atoms with van der Waals surface area (Å²) in [4.78, 5) is 13.2. The second kappa shape index (κ2) is 8.07. The Balaban J connectivity index is 2.24. The van der Waals surface area contributed by atoms with Crippen LogP contribution in [0.3, 0.4) is 0 Å². The molecule has 0 atom stereocenters. The zero-order chi connectivity index (χ0) is 17.0. The van der Waals surface area contributed by atoms with Gasteiger partial charge in [-0.15, -0.1) is 11.3 Å². The molecular weight excluding hydrogens is 443 g/mol. The zero-order valence-corrected chi connectivity index (χ0v) is 16.8. The lowest BCUT2D eigenvalue weighted by molar-refractivity contribution is 0.0601. The molecule has 0 saturated heterocycles. The van der Waals surface area contributed by atoms with Crippen molar-refractivity contribution >= 4 is 67.9 Å². The number of anilines is 2. The van der Waals surface area contributed by atoms with Crippen molar-refractivity contribution in [2.45, 2.75) is 20.3 Å². The van der Waals surface area contributed by atoms with Crippen molar-refractivity contribution in [3.8, 4) is 0 Å². The molecule has 0 fully saturated rings. The van der Waals surface area contributed by atoms with Crippen LogP contribution < -0.4 is 10.6 Å². The summed E-state index contributed by atoms with van der Waals surface area (Å²) in [5.74, 6) is -0.342. The van der Waals surface area contributed by atoms with E-state index in [9.17, 15) is 4.79 Å². The Bertz CT molecular complexity index is 744. The van der Waals surface area contributed by atoms with Gasteiger partial charge in [-0.05, 0) is 65.8 Å². The molecule has 0 aliphatic heterocycles. The second-order valence-electron chi connectivity index (χ2n) is 4.75. The Morgan fingerprint density at radius 3 is 2.65 bits per heavy atom. The quantitative estimate of drug-likeness (QED) is 0.389. The number of thiocarbonyl (C=S) groups is 1. The Kier molecular flexibility index (Phi) is 6.37. The van der Waals surface area contributed by atoms with Gasteiger partial charge in [0.2, 0.25) is 0 Å². The highest BCUT2D eigenvalue weighted by Crippen LogP contribution is 2.34. The number of rotatable bonds is 4. The Labute approximate surface area is 158 Å². The molecule has 23 heavy (non-hydrogen) atoms. The van der Waals surface area contributed by atoms with Crippen molar-refractivity contribution in [1.82, 2.24) is 0 Å². The number of halogens is 1. The molecule has 0 aliphatic rings. The lowest BCUT2D eigenvalue weighted by Crippen LogP contribution is -2.20. The molecule has 0 bridgehead atoms. The summed E-state index contributed by atoms with van der Waals surface area (Å²) in [5, 5.41) is 7.45. The first-order chi connectivity index (χ1) is 11.0. The van der Waals surface area contributed by atoms with Gasteiger partial charge in [-0.2, -0.15) is 0 Å². The fourth-order valence-corrected chi connectivity index (χ4v) is 4.17. The second-order valence-corrected chi connectivity index (χ2v) is 7.54. The highest BCUT2D eigenvalue weighted by Gasteiger charge is 2.22. The molecule has 0 saturated carbocycles. The lowest BCUT2D eigenvalue weighted by atomic mass is 10.1. The molecule has 0 amide bonds. The number of para-hydroxylation sites is 1. The maximum Gasteiger partial charge on any atom is 0.341 e. The van der Waals surface area contributed by atoms with E-state index >= 15 is 0 Å². The summed E-state index contributed by atoms with van der Waals surface area (Å²) in [7, 11) is 1.39. The molecule has 1 aromatic carbocycles. The molecule has 0 spiro atoms. The fourth-order valence-electron chi connectivity index (χ4n) is 2.23. The van der Waals surface area contributed by atoms with Crippen molar-refractivity contribution in [3.05, 3.63) is 43.8 Å². The predicted molar refractivity (Wildman–Crippen MR) is 109 cm³/mol. The Morgan fingerprint density at radius 1 is 1.35 bits per heavy atom. The third-order valence-electron chi connectivity index (χ3n) is 3.30. The molecule has 1 heterocycles. The van der Waals surface area contributed by atoms with E-state index in [0.29, 0.717) is 10.7 Å². The van der Waals surface area contributed by atoms with E-state index in [1.165, 1.54) is 18.4 Å². The van der Waals surface area contributed by atoms with Crippen LogP contribution in [-0.4, -0.2) is 18.2 Å². The van der Waals surface area contributed by atoms with Gasteiger partial charge in [0, 0.05) is 8.45 Å². The van der Waals surface area contributed by atoms with E-state index in [-0.39, 0.29) is 5.97 Å². The summed E-state index contributed by atoms with van der Waals surface area (Å²) in [6, 6.07) is 7.86. The number of thiophene rings is 1. The number of benzene rings is 1. The molecule has 122 valence electrons. The van der Waals surface area contributed by atoms with Crippen molar-refractivity contribution in [2.75, 3.05) is 17.7 Å². The number of methoxy groups -OCH3 is 1. The molecule has 1 aromatic heterocycles. The third-order valence-corrected chi connectivity index (χ3v) is 5.51. The Morgan fingerprint density at radius 2 is 2.04 bits per heavy atom. The van der Waals surface area contributed by atoms with Crippen molar-refractivity contribution in [1.29, 1.82) is 0 Å². The lowest BCUT2D eigenvalue weighted by Gasteiger charge is -2.12. The highest BCUT2D eigenvalue weighted by atomic mass is 127. The average molecular weight is 460 g/mol. The fraction of sp³-hybridized carbons (Fsp3) is 0.250. The van der Waals surface area contributed by atoms with E-state index in [1.54, 1.807) is 0 Å². The molecule has 2 N–H and O–H groups in total. The number of hydrogen-bond acceptors (Lipinski definition) is 4. The molecule has 0 unspecified atom stereocenters. The summed E-state index contributed by atoms with van der Waals surface area (Å²) in [6.07, 6.45) is 0.769. The van der Waals surface area contributed by atoms with Crippen molar-refractivity contribution in [3.63, 3.8) is 0 Å². The summed E-state index contributed by atoms with van der Waals surface area (Å²) < 4.78 is 5.98. The topological polar surface area (TPSA) is 50.4 Å². The van der Waals surface area contributed by atoms with Gasteiger partial charge in [0.05, 0.1) is 18.4 Å². The van der Waals surface area contributed by atoms with E-state index in [1.807, 2.05) is 38.1 Å². The molecule has 2 aromatic rings. The van der Waals surface area contributed by atoms with Crippen LogP contribution in [-0.2, 0) is 11.2 Å². The van der Waals surface area contributed by atoms with Gasteiger partial charge in [-0.1, -0.05) is 19.1 Å². The van der Waals surface area contributed by atoms with E-state index in [4.69, 9.17) is 17.0 Å². The number of ether oxygens (including phenoxy) is 1. The molecular formula is C16H17IN2O2S2. The number of carbonyl (C=O) groups is 1. The summed E-state index contributed by atoms with van der Waals surface area (Å²) in [6.45, 7) is 4.02. The minimum Gasteiger partial charge on any atom is -0.465 e. The molecule has 7 heteroatoms. The minimum atomic E-state index is -0.342. The first-order valence-corrected chi connectivity index (χ1v) is 9.31. The standard InChI is InChI=1S/C16H17IN2O2S2/c1-4-10-9(2)23-14(13(10)15(20)21-3)19-16(22)18-12-8-6-5-7-11(12)17/h5-8H,4H2,1-3H3,(H2,18,19,22). The van der Waals surface area contributed by atoms with Crippen LogP contribution in [0.15, 0.2) is 24.3 Å². The van der Waals surface area contributed by atoms with Crippen LogP contribution in [0, 0.1) is 10.5 Å². The normalized spacial score (nSPS) is 10.3. The van der Waals surface area contributed by atoms with Crippen molar-refractivity contribution < 1.29 is 9.53 Å². The average Bonchev–Trinajstić information content (AvgIpc) is 2.83. The third kappa shape index (κ3) is 4.21. The van der Waals surface area contributed by atoms with Gasteiger partial charge in [-0.3, -0.25) is 0 Å². The number of carbonyl (C=O) groups excluding carboxylic acids is 1. The van der Waals surface area contributed by atoms with Crippen LogP contribution in [0.5, 0.6) is 0 Å². The largest absolute Gasteiger partial charge is 0.465 e. The molecule has 4 nitrogen and oxygen atoms in total. The smallest absolute Gasteiger partial charge is 0.341 e.